The number of rotatable bonds is 3. The van der Waals surface area contributed by atoms with Gasteiger partial charge in [-0.05, 0) is 95.4 Å². The number of para-hydroxylation sites is 4. The van der Waals surface area contributed by atoms with E-state index < -0.39 is 0 Å². The van der Waals surface area contributed by atoms with Gasteiger partial charge in [0.2, 0.25) is 0 Å². The summed E-state index contributed by atoms with van der Waals surface area (Å²) in [4.78, 5) is 14.0. The Kier molecular flexibility index (Phi) is 6.11. The molecule has 0 atom stereocenters. The van der Waals surface area contributed by atoms with Crippen molar-refractivity contribution in [1.29, 1.82) is 0 Å². The Balaban J connectivity index is 1.02. The Labute approximate surface area is 341 Å². The van der Waals surface area contributed by atoms with Crippen molar-refractivity contribution in [2.24, 2.45) is 0 Å². The minimum absolute atomic E-state index is 0.0141. The SMILES string of the molecule is O=c1c2ccccc2c2cccc3c4cc(-c5cccc6oc7ccc(-n8c9ccccc9c9c%10c%11ccccc%11n(-c%11ccccc%11)c%10ccc98)cc7c56)ccc4n1c23. The van der Waals surface area contributed by atoms with Crippen LogP contribution in [0.1, 0.15) is 0 Å². The third-order valence-corrected chi connectivity index (χ3v) is 13.0. The van der Waals surface area contributed by atoms with Crippen LogP contribution < -0.4 is 5.56 Å². The molecule has 0 fully saturated rings. The van der Waals surface area contributed by atoms with Gasteiger partial charge in [0.15, 0.2) is 0 Å². The second-order valence-electron chi connectivity index (χ2n) is 16.0. The van der Waals surface area contributed by atoms with Crippen LogP contribution in [0.4, 0.5) is 0 Å². The summed E-state index contributed by atoms with van der Waals surface area (Å²) in [6.07, 6.45) is 0. The molecule has 278 valence electrons. The first-order chi connectivity index (χ1) is 29.7. The average Bonchev–Trinajstić information content (AvgIpc) is 4.05. The first-order valence-electron chi connectivity index (χ1n) is 20.4. The average molecular weight is 766 g/mol. The molecular weight excluding hydrogens is 735 g/mol. The van der Waals surface area contributed by atoms with E-state index in [1.165, 1.54) is 32.6 Å². The van der Waals surface area contributed by atoms with Crippen LogP contribution in [0.2, 0.25) is 0 Å². The number of furan rings is 1. The zero-order valence-corrected chi connectivity index (χ0v) is 32.1. The molecule has 5 heteroatoms. The minimum Gasteiger partial charge on any atom is -0.456 e. The highest BCUT2D eigenvalue weighted by Crippen LogP contribution is 2.44. The molecule has 5 nitrogen and oxygen atoms in total. The van der Waals surface area contributed by atoms with Crippen molar-refractivity contribution >= 4 is 104 Å². The van der Waals surface area contributed by atoms with Gasteiger partial charge in [-0.1, -0.05) is 109 Å². The summed E-state index contributed by atoms with van der Waals surface area (Å²) in [6, 6.07) is 66.5. The summed E-state index contributed by atoms with van der Waals surface area (Å²) in [5, 5.41) is 12.0. The summed E-state index contributed by atoms with van der Waals surface area (Å²) in [6.45, 7) is 0. The minimum atomic E-state index is 0.0141. The molecule has 0 N–H and O–H groups in total. The van der Waals surface area contributed by atoms with Crippen LogP contribution in [0.15, 0.2) is 197 Å². The molecule has 0 radical (unpaired) electrons. The maximum atomic E-state index is 14.0. The third-order valence-electron chi connectivity index (χ3n) is 13.0. The largest absolute Gasteiger partial charge is 0.456 e. The van der Waals surface area contributed by atoms with Crippen molar-refractivity contribution in [3.05, 3.63) is 198 Å². The van der Waals surface area contributed by atoms with E-state index in [2.05, 4.69) is 179 Å². The van der Waals surface area contributed by atoms with Crippen molar-refractivity contribution in [1.82, 2.24) is 13.5 Å². The van der Waals surface area contributed by atoms with Crippen molar-refractivity contribution in [2.45, 2.75) is 0 Å². The standard InChI is InChI=1S/C55H31N3O2/c59-55-39-15-5-4-14-36(39)37-19-10-20-38-42-30-32(24-26-46(42)58(55)54(37)38)35-18-11-23-50-51(35)43-31-34(25-29-49(43)60-50)57-45-22-9-7-17-41(45)53-48(57)28-27-47-52(53)40-16-6-8-21-44(40)56(47)33-12-2-1-3-13-33/h1-31H. The smallest absolute Gasteiger partial charge is 0.263 e. The molecule has 14 rings (SSSR count). The van der Waals surface area contributed by atoms with Crippen LogP contribution in [-0.2, 0) is 0 Å². The zero-order valence-electron chi connectivity index (χ0n) is 32.1. The number of fused-ring (bicyclic) bond motifs is 15. The van der Waals surface area contributed by atoms with Crippen molar-refractivity contribution in [2.75, 3.05) is 0 Å². The predicted molar refractivity (Wildman–Crippen MR) is 249 cm³/mol. The topological polar surface area (TPSA) is 44.5 Å². The Morgan fingerprint density at radius 1 is 0.350 bits per heavy atom. The van der Waals surface area contributed by atoms with Gasteiger partial charge in [0.05, 0.1) is 33.1 Å². The second-order valence-corrected chi connectivity index (χ2v) is 16.0. The molecule has 0 spiro atoms. The highest BCUT2D eigenvalue weighted by atomic mass is 16.3. The summed E-state index contributed by atoms with van der Waals surface area (Å²) in [7, 11) is 0. The first-order valence-corrected chi connectivity index (χ1v) is 20.4. The Morgan fingerprint density at radius 3 is 1.70 bits per heavy atom. The molecule has 0 aliphatic heterocycles. The van der Waals surface area contributed by atoms with Crippen molar-refractivity contribution in [3.63, 3.8) is 0 Å². The monoisotopic (exact) mass is 765 g/mol. The number of hydrogen-bond acceptors (Lipinski definition) is 2. The maximum Gasteiger partial charge on any atom is 0.263 e. The van der Waals surface area contributed by atoms with Crippen LogP contribution in [-0.4, -0.2) is 13.5 Å². The quantitative estimate of drug-likeness (QED) is 0.168. The highest BCUT2D eigenvalue weighted by molar-refractivity contribution is 6.29. The lowest BCUT2D eigenvalue weighted by Gasteiger charge is -2.10. The van der Waals surface area contributed by atoms with Crippen LogP contribution in [0.5, 0.6) is 0 Å². The van der Waals surface area contributed by atoms with Crippen LogP contribution in [0.25, 0.3) is 126 Å². The molecule has 14 aromatic rings. The normalized spacial score (nSPS) is 12.4. The molecule has 0 amide bonds. The first kappa shape index (κ1) is 31.9. The van der Waals surface area contributed by atoms with E-state index >= 15 is 0 Å². The van der Waals surface area contributed by atoms with Gasteiger partial charge in [-0.15, -0.1) is 0 Å². The summed E-state index contributed by atoms with van der Waals surface area (Å²) in [5.74, 6) is 0. The number of pyridine rings is 1. The van der Waals surface area contributed by atoms with E-state index in [4.69, 9.17) is 4.42 Å². The van der Waals surface area contributed by atoms with Crippen LogP contribution >= 0.6 is 0 Å². The van der Waals surface area contributed by atoms with Crippen molar-refractivity contribution in [3.8, 4) is 22.5 Å². The summed E-state index contributed by atoms with van der Waals surface area (Å²) in [5.41, 5.74) is 12.6. The third kappa shape index (κ3) is 4.03. The molecule has 0 unspecified atom stereocenters. The molecule has 0 saturated carbocycles. The number of benzene rings is 9. The molecule has 60 heavy (non-hydrogen) atoms. The number of nitrogens with zero attached hydrogens (tertiary/aromatic N) is 3. The van der Waals surface area contributed by atoms with Gasteiger partial charge < -0.3 is 13.6 Å². The van der Waals surface area contributed by atoms with E-state index in [-0.39, 0.29) is 5.56 Å². The Hall–Kier alpha value is -8.15. The number of hydrogen-bond donors (Lipinski definition) is 0. The molecule has 0 aliphatic rings. The number of aromatic nitrogens is 3. The maximum absolute atomic E-state index is 14.0. The van der Waals surface area contributed by atoms with Crippen LogP contribution in [0, 0.1) is 0 Å². The zero-order chi connectivity index (χ0) is 39.2. The van der Waals surface area contributed by atoms with Gasteiger partial charge >= 0.3 is 0 Å². The fraction of sp³-hybridized carbons (Fsp3) is 0. The fourth-order valence-corrected chi connectivity index (χ4v) is 10.5. The van der Waals surface area contributed by atoms with Crippen molar-refractivity contribution < 1.29 is 4.42 Å². The lowest BCUT2D eigenvalue weighted by molar-refractivity contribution is 0.669. The Bertz CT molecular complexity index is 4200. The fourth-order valence-electron chi connectivity index (χ4n) is 10.5. The summed E-state index contributed by atoms with van der Waals surface area (Å²) >= 11 is 0. The van der Waals surface area contributed by atoms with E-state index in [0.717, 1.165) is 93.4 Å². The predicted octanol–water partition coefficient (Wildman–Crippen LogP) is 14.0. The van der Waals surface area contributed by atoms with E-state index in [1.807, 2.05) is 22.6 Å². The lowest BCUT2D eigenvalue weighted by atomic mass is 9.97. The van der Waals surface area contributed by atoms with Gasteiger partial charge in [0, 0.05) is 65.2 Å². The molecular formula is C55H31N3O2. The summed E-state index contributed by atoms with van der Waals surface area (Å²) < 4.78 is 13.3. The van der Waals surface area contributed by atoms with Gasteiger partial charge in [-0.2, -0.15) is 0 Å². The van der Waals surface area contributed by atoms with Gasteiger partial charge in [0.25, 0.3) is 5.56 Å². The van der Waals surface area contributed by atoms with E-state index in [1.54, 1.807) is 0 Å². The van der Waals surface area contributed by atoms with E-state index in [9.17, 15) is 4.79 Å². The molecule has 5 aromatic heterocycles. The Morgan fingerprint density at radius 2 is 0.950 bits per heavy atom. The highest BCUT2D eigenvalue weighted by Gasteiger charge is 2.22. The van der Waals surface area contributed by atoms with Gasteiger partial charge in [-0.25, -0.2) is 0 Å². The second kappa shape index (κ2) is 11.5. The molecule has 5 heterocycles. The van der Waals surface area contributed by atoms with Gasteiger partial charge in [-0.3, -0.25) is 9.20 Å². The lowest BCUT2D eigenvalue weighted by Crippen LogP contribution is -2.12. The van der Waals surface area contributed by atoms with Gasteiger partial charge in [0.1, 0.15) is 11.2 Å². The van der Waals surface area contributed by atoms with Crippen LogP contribution in [0.3, 0.4) is 0 Å². The molecule has 0 saturated heterocycles. The molecule has 9 aromatic carbocycles. The molecule has 0 aliphatic carbocycles. The molecule has 0 bridgehead atoms. The van der Waals surface area contributed by atoms with E-state index in [0.29, 0.717) is 0 Å².